The van der Waals surface area contributed by atoms with Crippen LogP contribution in [0.3, 0.4) is 0 Å². The molecule has 2 aliphatic rings. The van der Waals surface area contributed by atoms with Crippen LogP contribution >= 0.6 is 0 Å². The maximum absolute atomic E-state index is 5.44. The van der Waals surface area contributed by atoms with Gasteiger partial charge in [-0.2, -0.15) is 0 Å². The van der Waals surface area contributed by atoms with E-state index in [-0.39, 0.29) is 0 Å². The van der Waals surface area contributed by atoms with Crippen LogP contribution in [0.2, 0.25) is 0 Å². The van der Waals surface area contributed by atoms with Gasteiger partial charge in [0.1, 0.15) is 0 Å². The Hall–Kier alpha value is -0.810. The number of guanidine groups is 1. The molecule has 0 heterocycles. The first-order valence-electron chi connectivity index (χ1n) is 8.84. The van der Waals surface area contributed by atoms with Crippen molar-refractivity contribution in [2.75, 3.05) is 47.1 Å². The predicted octanol–water partition coefficient (Wildman–Crippen LogP) is 2.03. The van der Waals surface area contributed by atoms with Crippen LogP contribution in [-0.4, -0.2) is 53.0 Å². The Bertz CT molecular complexity index is 336. The molecule has 22 heavy (non-hydrogen) atoms. The summed E-state index contributed by atoms with van der Waals surface area (Å²) in [6.07, 6.45) is 8.21. The zero-order chi connectivity index (χ0) is 15.6. The number of aliphatic imine (C=N–C) groups is 1. The van der Waals surface area contributed by atoms with Crippen molar-refractivity contribution >= 4 is 5.96 Å². The van der Waals surface area contributed by atoms with E-state index in [9.17, 15) is 0 Å². The number of methoxy groups -OCH3 is 1. The summed E-state index contributed by atoms with van der Waals surface area (Å²) in [6.45, 7) is 4.03. The van der Waals surface area contributed by atoms with E-state index < -0.39 is 0 Å². The molecule has 2 N–H and O–H groups in total. The van der Waals surface area contributed by atoms with Gasteiger partial charge in [-0.15, -0.1) is 0 Å². The summed E-state index contributed by atoms with van der Waals surface area (Å²) in [5.74, 6) is 3.94. The molecule has 0 aliphatic heterocycles. The van der Waals surface area contributed by atoms with Crippen LogP contribution in [0.4, 0.5) is 0 Å². The van der Waals surface area contributed by atoms with Crippen molar-refractivity contribution in [2.45, 2.75) is 38.5 Å². The molecule has 2 bridgehead atoms. The van der Waals surface area contributed by atoms with Crippen LogP contribution in [0.15, 0.2) is 4.99 Å². The van der Waals surface area contributed by atoms with Gasteiger partial charge >= 0.3 is 0 Å². The number of fused-ring (bicyclic) bond motifs is 2. The first kappa shape index (κ1) is 17.5. The monoisotopic (exact) mass is 311 g/mol. The summed E-state index contributed by atoms with van der Waals surface area (Å²) in [4.78, 5) is 4.28. The minimum Gasteiger partial charge on any atom is -0.382 e. The van der Waals surface area contributed by atoms with Crippen LogP contribution in [0.1, 0.15) is 38.5 Å². The molecule has 2 saturated carbocycles. The molecule has 5 nitrogen and oxygen atoms in total. The molecule has 2 fully saturated rings. The van der Waals surface area contributed by atoms with Crippen LogP contribution in [0.5, 0.6) is 0 Å². The molecular weight excluding hydrogens is 278 g/mol. The van der Waals surface area contributed by atoms with E-state index in [0.29, 0.717) is 13.2 Å². The Morgan fingerprint density at radius 2 is 1.95 bits per heavy atom. The Morgan fingerprint density at radius 1 is 1.09 bits per heavy atom. The quantitative estimate of drug-likeness (QED) is 0.368. The van der Waals surface area contributed by atoms with Crippen LogP contribution < -0.4 is 10.6 Å². The lowest BCUT2D eigenvalue weighted by molar-refractivity contribution is 0.0698. The largest absolute Gasteiger partial charge is 0.382 e. The van der Waals surface area contributed by atoms with Crippen LogP contribution in [0, 0.1) is 17.8 Å². The molecular formula is C17H33N3O2. The summed E-state index contributed by atoms with van der Waals surface area (Å²) in [5, 5.41) is 6.79. The van der Waals surface area contributed by atoms with Gasteiger partial charge in [-0.1, -0.05) is 6.42 Å². The molecule has 0 aromatic heterocycles. The maximum atomic E-state index is 5.44. The fraction of sp³-hybridized carbons (Fsp3) is 0.941. The number of ether oxygens (including phenoxy) is 2. The Labute approximate surface area is 135 Å². The van der Waals surface area contributed by atoms with E-state index in [1.807, 2.05) is 7.05 Å². The van der Waals surface area contributed by atoms with Crippen molar-refractivity contribution in [3.8, 4) is 0 Å². The third kappa shape index (κ3) is 5.76. The van der Waals surface area contributed by atoms with E-state index in [1.54, 1.807) is 7.11 Å². The lowest BCUT2D eigenvalue weighted by Crippen LogP contribution is -2.39. The average Bonchev–Trinajstić information content (AvgIpc) is 3.15. The summed E-state index contributed by atoms with van der Waals surface area (Å²) in [5.41, 5.74) is 0. The van der Waals surface area contributed by atoms with E-state index in [1.165, 1.54) is 32.1 Å². The van der Waals surface area contributed by atoms with Crippen molar-refractivity contribution in [1.29, 1.82) is 0 Å². The van der Waals surface area contributed by atoms with Crippen molar-refractivity contribution in [3.63, 3.8) is 0 Å². The van der Waals surface area contributed by atoms with E-state index >= 15 is 0 Å². The van der Waals surface area contributed by atoms with Crippen LogP contribution in [0.25, 0.3) is 0 Å². The van der Waals surface area contributed by atoms with Crippen molar-refractivity contribution in [2.24, 2.45) is 22.7 Å². The highest BCUT2D eigenvalue weighted by Crippen LogP contribution is 2.49. The van der Waals surface area contributed by atoms with Crippen LogP contribution in [-0.2, 0) is 9.47 Å². The molecule has 5 heteroatoms. The number of rotatable bonds is 10. The van der Waals surface area contributed by atoms with Gasteiger partial charge in [0.25, 0.3) is 0 Å². The average molecular weight is 311 g/mol. The number of nitrogens with one attached hydrogen (secondary N) is 2. The number of nitrogens with zero attached hydrogens (tertiary/aromatic N) is 1. The third-order valence-electron chi connectivity index (χ3n) is 5.11. The standard InChI is InChI=1S/C17H33N3O2/c1-18-17(19-7-3-9-22-11-10-21-2)20-8-6-16-13-14-4-5-15(16)12-14/h14-16H,3-13H2,1-2H3,(H2,18,19,20). The molecule has 0 radical (unpaired) electrons. The molecule has 0 amide bonds. The molecule has 0 spiro atoms. The lowest BCUT2D eigenvalue weighted by atomic mass is 9.86. The SMILES string of the molecule is CN=C(NCCCOCCOC)NCCC1CC2CCC1C2. The molecule has 0 saturated heterocycles. The minimum atomic E-state index is 0.666. The minimum absolute atomic E-state index is 0.666. The first-order valence-corrected chi connectivity index (χ1v) is 8.84. The van der Waals surface area contributed by atoms with Crippen molar-refractivity contribution in [3.05, 3.63) is 0 Å². The second-order valence-electron chi connectivity index (χ2n) is 6.61. The lowest BCUT2D eigenvalue weighted by Gasteiger charge is -2.22. The van der Waals surface area contributed by atoms with Gasteiger partial charge in [0.15, 0.2) is 5.96 Å². The first-order chi connectivity index (χ1) is 10.8. The zero-order valence-electron chi connectivity index (χ0n) is 14.3. The molecule has 2 aliphatic carbocycles. The molecule has 0 aromatic carbocycles. The van der Waals surface area contributed by atoms with Gasteiger partial charge in [-0.05, 0) is 49.9 Å². The molecule has 2 rings (SSSR count). The summed E-state index contributed by atoms with van der Waals surface area (Å²) < 4.78 is 10.4. The third-order valence-corrected chi connectivity index (χ3v) is 5.11. The van der Waals surface area contributed by atoms with Gasteiger partial charge in [0, 0.05) is 33.9 Å². The fourth-order valence-electron chi connectivity index (χ4n) is 3.95. The van der Waals surface area contributed by atoms with Gasteiger partial charge in [-0.3, -0.25) is 4.99 Å². The molecule has 3 atom stereocenters. The van der Waals surface area contributed by atoms with E-state index in [4.69, 9.17) is 9.47 Å². The zero-order valence-corrected chi connectivity index (χ0v) is 14.3. The fourth-order valence-corrected chi connectivity index (χ4v) is 3.95. The summed E-state index contributed by atoms with van der Waals surface area (Å²) >= 11 is 0. The smallest absolute Gasteiger partial charge is 0.190 e. The normalized spacial score (nSPS) is 27.4. The van der Waals surface area contributed by atoms with Gasteiger partial charge < -0.3 is 20.1 Å². The predicted molar refractivity (Wildman–Crippen MR) is 90.2 cm³/mol. The summed E-state index contributed by atoms with van der Waals surface area (Å²) in [7, 11) is 3.53. The summed E-state index contributed by atoms with van der Waals surface area (Å²) in [6, 6.07) is 0. The molecule has 3 unspecified atom stereocenters. The van der Waals surface area contributed by atoms with Gasteiger partial charge in [0.05, 0.1) is 13.2 Å². The van der Waals surface area contributed by atoms with E-state index in [2.05, 4.69) is 15.6 Å². The number of hydrogen-bond acceptors (Lipinski definition) is 3. The Morgan fingerprint density at radius 3 is 2.64 bits per heavy atom. The second-order valence-corrected chi connectivity index (χ2v) is 6.61. The second kappa shape index (κ2) is 10.1. The highest BCUT2D eigenvalue weighted by molar-refractivity contribution is 5.79. The molecule has 0 aromatic rings. The number of hydrogen-bond donors (Lipinski definition) is 2. The maximum Gasteiger partial charge on any atom is 0.190 e. The van der Waals surface area contributed by atoms with Crippen molar-refractivity contribution < 1.29 is 9.47 Å². The van der Waals surface area contributed by atoms with Gasteiger partial charge in [-0.25, -0.2) is 0 Å². The van der Waals surface area contributed by atoms with E-state index in [0.717, 1.165) is 49.8 Å². The van der Waals surface area contributed by atoms with Gasteiger partial charge in [0.2, 0.25) is 0 Å². The topological polar surface area (TPSA) is 54.9 Å². The highest BCUT2D eigenvalue weighted by atomic mass is 16.5. The Kier molecular flexibility index (Phi) is 8.02. The van der Waals surface area contributed by atoms with Crippen molar-refractivity contribution in [1.82, 2.24) is 10.6 Å². The highest BCUT2D eigenvalue weighted by Gasteiger charge is 2.38. The Balaban J connectivity index is 1.47. The molecule has 128 valence electrons.